The van der Waals surface area contributed by atoms with Crippen LogP contribution < -0.4 is 0 Å². The molecule has 0 saturated heterocycles. The molecule has 0 aliphatic carbocycles. The van der Waals surface area contributed by atoms with Crippen molar-refractivity contribution < 1.29 is 0 Å². The Labute approximate surface area is 72.5 Å². The summed E-state index contributed by atoms with van der Waals surface area (Å²) in [6.07, 6.45) is 2.01. The van der Waals surface area contributed by atoms with E-state index in [-0.39, 0.29) is 0 Å². The highest BCUT2D eigenvalue weighted by Crippen LogP contribution is 2.12. The Balaban J connectivity index is 2.85. The lowest BCUT2D eigenvalue weighted by Crippen LogP contribution is -1.77. The van der Waals surface area contributed by atoms with Crippen LogP contribution in [0, 0.1) is 0 Å². The van der Waals surface area contributed by atoms with Crippen LogP contribution in [0.25, 0.3) is 5.57 Å². The highest BCUT2D eigenvalue weighted by molar-refractivity contribution is 6.19. The fourth-order valence-electron chi connectivity index (χ4n) is 0.935. The third-order valence-electron chi connectivity index (χ3n) is 1.61. The van der Waals surface area contributed by atoms with Crippen LogP contribution in [0.3, 0.4) is 0 Å². The van der Waals surface area contributed by atoms with Gasteiger partial charge in [-0.2, -0.15) is 0 Å². The van der Waals surface area contributed by atoms with E-state index in [0.29, 0.717) is 5.88 Å². The SMILES string of the molecule is CC(=CCCl)c1ccccc1. The van der Waals surface area contributed by atoms with Gasteiger partial charge in [-0.05, 0) is 18.1 Å². The Kier molecular flexibility index (Phi) is 3.18. The van der Waals surface area contributed by atoms with Crippen LogP contribution in [0.4, 0.5) is 0 Å². The summed E-state index contributed by atoms with van der Waals surface area (Å²) in [6, 6.07) is 10.2. The second-order valence-electron chi connectivity index (χ2n) is 2.41. The van der Waals surface area contributed by atoms with Crippen molar-refractivity contribution in [2.45, 2.75) is 6.92 Å². The quantitative estimate of drug-likeness (QED) is 0.592. The molecule has 0 atom stereocenters. The standard InChI is InChI=1S/C10H11Cl/c1-9(7-8-11)10-5-3-2-4-6-10/h2-7H,8H2,1H3. The number of benzene rings is 1. The summed E-state index contributed by atoms with van der Waals surface area (Å²) in [6.45, 7) is 2.07. The van der Waals surface area contributed by atoms with Crippen LogP contribution in [0.5, 0.6) is 0 Å². The lowest BCUT2D eigenvalue weighted by molar-refractivity contribution is 1.54. The number of hydrogen-bond donors (Lipinski definition) is 0. The van der Waals surface area contributed by atoms with Crippen LogP contribution in [0.2, 0.25) is 0 Å². The fraction of sp³-hybridized carbons (Fsp3) is 0.200. The van der Waals surface area contributed by atoms with Gasteiger partial charge in [0.1, 0.15) is 0 Å². The Bertz CT molecular complexity index is 236. The van der Waals surface area contributed by atoms with Crippen molar-refractivity contribution in [1.29, 1.82) is 0 Å². The van der Waals surface area contributed by atoms with Crippen LogP contribution in [-0.4, -0.2) is 5.88 Å². The summed E-state index contributed by atoms with van der Waals surface area (Å²) in [5.41, 5.74) is 2.48. The first-order valence-electron chi connectivity index (χ1n) is 3.62. The fourth-order valence-corrected chi connectivity index (χ4v) is 1.17. The Morgan fingerprint density at radius 2 is 2.00 bits per heavy atom. The third kappa shape index (κ3) is 2.39. The van der Waals surface area contributed by atoms with Crippen LogP contribution in [-0.2, 0) is 0 Å². The molecule has 0 amide bonds. The zero-order valence-corrected chi connectivity index (χ0v) is 7.31. The van der Waals surface area contributed by atoms with Crippen LogP contribution in [0.1, 0.15) is 12.5 Å². The molecular formula is C10H11Cl. The van der Waals surface area contributed by atoms with Crippen LogP contribution in [0.15, 0.2) is 36.4 Å². The summed E-state index contributed by atoms with van der Waals surface area (Å²) < 4.78 is 0. The minimum Gasteiger partial charge on any atom is -0.122 e. The molecular weight excluding hydrogens is 156 g/mol. The first-order chi connectivity index (χ1) is 5.34. The second-order valence-corrected chi connectivity index (χ2v) is 2.72. The molecule has 0 bridgehead atoms. The zero-order chi connectivity index (χ0) is 8.10. The maximum absolute atomic E-state index is 5.57. The molecule has 0 spiro atoms. The van der Waals surface area contributed by atoms with Gasteiger partial charge >= 0.3 is 0 Å². The molecule has 0 heterocycles. The topological polar surface area (TPSA) is 0 Å². The molecule has 1 aromatic carbocycles. The third-order valence-corrected chi connectivity index (χ3v) is 1.77. The van der Waals surface area contributed by atoms with Crippen molar-refractivity contribution in [2.24, 2.45) is 0 Å². The Hall–Kier alpha value is -0.750. The van der Waals surface area contributed by atoms with Gasteiger partial charge in [-0.1, -0.05) is 36.4 Å². The number of hydrogen-bond acceptors (Lipinski definition) is 0. The molecule has 0 radical (unpaired) electrons. The molecule has 11 heavy (non-hydrogen) atoms. The average Bonchev–Trinajstić information content (AvgIpc) is 2.07. The smallest absolute Gasteiger partial charge is 0.0409 e. The van der Waals surface area contributed by atoms with Gasteiger partial charge in [0.15, 0.2) is 0 Å². The van der Waals surface area contributed by atoms with Gasteiger partial charge in [0.05, 0.1) is 0 Å². The number of halogens is 1. The van der Waals surface area contributed by atoms with E-state index in [2.05, 4.69) is 19.1 Å². The van der Waals surface area contributed by atoms with Gasteiger partial charge in [-0.25, -0.2) is 0 Å². The molecule has 0 nitrogen and oxygen atoms in total. The molecule has 0 saturated carbocycles. The zero-order valence-electron chi connectivity index (χ0n) is 6.55. The van der Waals surface area contributed by atoms with Gasteiger partial charge < -0.3 is 0 Å². The molecule has 1 heteroatoms. The van der Waals surface area contributed by atoms with E-state index in [4.69, 9.17) is 11.6 Å². The minimum absolute atomic E-state index is 0.584. The van der Waals surface area contributed by atoms with Crippen LogP contribution >= 0.6 is 11.6 Å². The summed E-state index contributed by atoms with van der Waals surface area (Å²) in [5, 5.41) is 0. The van der Waals surface area contributed by atoms with E-state index in [1.165, 1.54) is 11.1 Å². The summed E-state index contributed by atoms with van der Waals surface area (Å²) in [4.78, 5) is 0. The molecule has 0 aromatic heterocycles. The summed E-state index contributed by atoms with van der Waals surface area (Å²) in [7, 11) is 0. The van der Waals surface area contributed by atoms with Gasteiger partial charge in [0, 0.05) is 5.88 Å². The Morgan fingerprint density at radius 3 is 2.55 bits per heavy atom. The van der Waals surface area contributed by atoms with Crippen molar-refractivity contribution in [3.63, 3.8) is 0 Å². The van der Waals surface area contributed by atoms with Gasteiger partial charge in [-0.3, -0.25) is 0 Å². The highest BCUT2D eigenvalue weighted by Gasteiger charge is 1.90. The van der Waals surface area contributed by atoms with Gasteiger partial charge in [0.2, 0.25) is 0 Å². The molecule has 58 valence electrons. The number of rotatable bonds is 2. The van der Waals surface area contributed by atoms with Crippen molar-refractivity contribution in [3.8, 4) is 0 Å². The number of allylic oxidation sites excluding steroid dienone is 2. The van der Waals surface area contributed by atoms with Gasteiger partial charge in [-0.15, -0.1) is 11.6 Å². The molecule has 0 unspecified atom stereocenters. The summed E-state index contributed by atoms with van der Waals surface area (Å²) >= 11 is 5.57. The van der Waals surface area contributed by atoms with E-state index in [1.54, 1.807) is 0 Å². The first kappa shape index (κ1) is 8.35. The van der Waals surface area contributed by atoms with Crippen molar-refractivity contribution in [3.05, 3.63) is 42.0 Å². The van der Waals surface area contributed by atoms with Crippen molar-refractivity contribution in [2.75, 3.05) is 5.88 Å². The van der Waals surface area contributed by atoms with E-state index in [0.717, 1.165) is 0 Å². The Morgan fingerprint density at radius 1 is 1.36 bits per heavy atom. The normalized spacial score (nSPS) is 11.6. The molecule has 0 aliphatic rings. The summed E-state index contributed by atoms with van der Waals surface area (Å²) in [5.74, 6) is 0.584. The molecule has 0 N–H and O–H groups in total. The maximum atomic E-state index is 5.57. The molecule has 0 fully saturated rings. The predicted molar refractivity (Wildman–Crippen MR) is 50.8 cm³/mol. The monoisotopic (exact) mass is 166 g/mol. The van der Waals surface area contributed by atoms with Crippen molar-refractivity contribution >= 4 is 17.2 Å². The van der Waals surface area contributed by atoms with E-state index in [1.807, 2.05) is 24.3 Å². The second kappa shape index (κ2) is 4.20. The largest absolute Gasteiger partial charge is 0.122 e. The predicted octanol–water partition coefficient (Wildman–Crippen LogP) is 3.33. The average molecular weight is 167 g/mol. The van der Waals surface area contributed by atoms with E-state index in [9.17, 15) is 0 Å². The molecule has 0 aliphatic heterocycles. The maximum Gasteiger partial charge on any atom is 0.0409 e. The lowest BCUT2D eigenvalue weighted by atomic mass is 10.1. The van der Waals surface area contributed by atoms with Gasteiger partial charge in [0.25, 0.3) is 0 Å². The van der Waals surface area contributed by atoms with E-state index < -0.39 is 0 Å². The minimum atomic E-state index is 0.584. The molecule has 1 rings (SSSR count). The first-order valence-corrected chi connectivity index (χ1v) is 4.16. The highest BCUT2D eigenvalue weighted by atomic mass is 35.5. The lowest BCUT2D eigenvalue weighted by Gasteiger charge is -1.98. The van der Waals surface area contributed by atoms with E-state index >= 15 is 0 Å². The van der Waals surface area contributed by atoms with Crippen molar-refractivity contribution in [1.82, 2.24) is 0 Å². The number of alkyl halides is 1. The molecule has 1 aromatic rings.